The van der Waals surface area contributed by atoms with Crippen molar-refractivity contribution >= 4 is 23.2 Å². The Morgan fingerprint density at radius 2 is 1.88 bits per heavy atom. The molecule has 0 saturated carbocycles. The first kappa shape index (κ1) is 18.9. The number of hydrogen-bond acceptors (Lipinski definition) is 4. The molecule has 0 spiro atoms. The van der Waals surface area contributed by atoms with Crippen molar-refractivity contribution in [2.45, 2.75) is 13.2 Å². The third-order valence-electron chi connectivity index (χ3n) is 3.41. The van der Waals surface area contributed by atoms with Crippen LogP contribution in [0.3, 0.4) is 0 Å². The first-order valence-electron chi connectivity index (χ1n) is 7.57. The number of halogens is 2. The van der Waals surface area contributed by atoms with E-state index in [1.54, 1.807) is 20.3 Å². The lowest BCUT2D eigenvalue weighted by Gasteiger charge is -2.14. The third-order valence-corrected chi connectivity index (χ3v) is 4.00. The molecule has 1 N–H and O–H groups in total. The molecule has 0 atom stereocenters. The first-order chi connectivity index (χ1) is 11.6. The van der Waals surface area contributed by atoms with Crippen LogP contribution in [0, 0.1) is 0 Å². The number of ether oxygens (including phenoxy) is 3. The quantitative estimate of drug-likeness (QED) is 0.668. The summed E-state index contributed by atoms with van der Waals surface area (Å²) in [6.45, 7) is 2.42. The van der Waals surface area contributed by atoms with Crippen LogP contribution in [0.4, 0.5) is 0 Å². The normalized spacial score (nSPS) is 10.7. The van der Waals surface area contributed by atoms with E-state index in [4.69, 9.17) is 37.4 Å². The van der Waals surface area contributed by atoms with Crippen LogP contribution in [-0.2, 0) is 17.9 Å². The average Bonchev–Trinajstić information content (AvgIpc) is 2.58. The van der Waals surface area contributed by atoms with Crippen LogP contribution in [-0.4, -0.2) is 27.4 Å². The predicted molar refractivity (Wildman–Crippen MR) is 97.4 cm³/mol. The summed E-state index contributed by atoms with van der Waals surface area (Å²) in [7, 11) is 3.28. The second-order valence-corrected chi connectivity index (χ2v) is 6.03. The number of rotatable bonds is 9. The fourth-order valence-electron chi connectivity index (χ4n) is 2.17. The Balaban J connectivity index is 2.05. The molecule has 0 unspecified atom stereocenters. The average molecular weight is 370 g/mol. The number of methoxy groups -OCH3 is 2. The fourth-order valence-corrected chi connectivity index (χ4v) is 2.60. The lowest BCUT2D eigenvalue weighted by Crippen LogP contribution is -2.18. The molecule has 0 aliphatic heterocycles. The van der Waals surface area contributed by atoms with Gasteiger partial charge < -0.3 is 19.5 Å². The molecule has 2 rings (SSSR count). The number of benzene rings is 2. The fraction of sp³-hybridized carbons (Fsp3) is 0.333. The van der Waals surface area contributed by atoms with Crippen molar-refractivity contribution in [3.05, 3.63) is 57.6 Å². The van der Waals surface area contributed by atoms with Gasteiger partial charge in [-0.1, -0.05) is 35.3 Å². The minimum atomic E-state index is 0.388. The summed E-state index contributed by atoms with van der Waals surface area (Å²) in [6, 6.07) is 11.2. The maximum absolute atomic E-state index is 6.35. The Bertz CT molecular complexity index is 665. The Morgan fingerprint density at radius 3 is 2.58 bits per heavy atom. The summed E-state index contributed by atoms with van der Waals surface area (Å²) >= 11 is 12.3. The molecular weight excluding hydrogens is 349 g/mol. The second kappa shape index (κ2) is 9.74. The summed E-state index contributed by atoms with van der Waals surface area (Å²) in [5.41, 5.74) is 1.92. The molecule has 130 valence electrons. The highest BCUT2D eigenvalue weighted by Gasteiger charge is 2.11. The lowest BCUT2D eigenvalue weighted by atomic mass is 10.2. The van der Waals surface area contributed by atoms with Gasteiger partial charge in [0.1, 0.15) is 6.61 Å². The van der Waals surface area contributed by atoms with Gasteiger partial charge in [0.05, 0.1) is 13.7 Å². The molecule has 0 saturated heterocycles. The van der Waals surface area contributed by atoms with E-state index < -0.39 is 0 Å². The van der Waals surface area contributed by atoms with E-state index in [2.05, 4.69) is 5.32 Å². The summed E-state index contributed by atoms with van der Waals surface area (Å²) < 4.78 is 16.3. The molecule has 4 nitrogen and oxygen atoms in total. The molecule has 0 radical (unpaired) electrons. The smallest absolute Gasteiger partial charge is 0.163 e. The van der Waals surface area contributed by atoms with Crippen molar-refractivity contribution in [2.24, 2.45) is 0 Å². The molecule has 0 amide bonds. The van der Waals surface area contributed by atoms with Crippen molar-refractivity contribution in [3.8, 4) is 11.5 Å². The van der Waals surface area contributed by atoms with Crippen molar-refractivity contribution in [1.29, 1.82) is 0 Å². The maximum atomic E-state index is 6.35. The molecule has 0 bridgehead atoms. The van der Waals surface area contributed by atoms with Gasteiger partial charge in [0.15, 0.2) is 11.5 Å². The predicted octanol–water partition coefficient (Wildman–Crippen LogP) is 4.32. The minimum absolute atomic E-state index is 0.388. The second-order valence-electron chi connectivity index (χ2n) is 5.18. The lowest BCUT2D eigenvalue weighted by molar-refractivity contribution is 0.199. The van der Waals surface area contributed by atoms with E-state index in [0.717, 1.165) is 17.7 Å². The van der Waals surface area contributed by atoms with E-state index >= 15 is 0 Å². The van der Waals surface area contributed by atoms with Gasteiger partial charge >= 0.3 is 0 Å². The molecule has 2 aromatic rings. The largest absolute Gasteiger partial charge is 0.493 e. The molecule has 0 aliphatic rings. The molecule has 24 heavy (non-hydrogen) atoms. The molecule has 0 aliphatic carbocycles. The van der Waals surface area contributed by atoms with Gasteiger partial charge in [-0.15, -0.1) is 0 Å². The van der Waals surface area contributed by atoms with Crippen LogP contribution >= 0.6 is 23.2 Å². The van der Waals surface area contributed by atoms with Gasteiger partial charge in [0, 0.05) is 36.3 Å². The Kier molecular flexibility index (Phi) is 7.66. The van der Waals surface area contributed by atoms with Crippen molar-refractivity contribution in [2.75, 3.05) is 27.4 Å². The van der Waals surface area contributed by atoms with Gasteiger partial charge in [-0.25, -0.2) is 0 Å². The third kappa shape index (κ3) is 5.56. The molecule has 0 aromatic heterocycles. The van der Waals surface area contributed by atoms with Gasteiger partial charge in [0.25, 0.3) is 0 Å². The van der Waals surface area contributed by atoms with E-state index in [9.17, 15) is 0 Å². The van der Waals surface area contributed by atoms with E-state index in [0.29, 0.717) is 41.3 Å². The summed E-state index contributed by atoms with van der Waals surface area (Å²) in [4.78, 5) is 0. The highest BCUT2D eigenvalue weighted by molar-refractivity contribution is 6.31. The molecular formula is C18H21Cl2NO3. The van der Waals surface area contributed by atoms with Crippen LogP contribution < -0.4 is 14.8 Å². The van der Waals surface area contributed by atoms with Gasteiger partial charge in [-0.2, -0.15) is 0 Å². The Labute approximate surface area is 152 Å². The van der Waals surface area contributed by atoms with Gasteiger partial charge in [-0.3, -0.25) is 0 Å². The zero-order chi connectivity index (χ0) is 17.4. The monoisotopic (exact) mass is 369 g/mol. The first-order valence-corrected chi connectivity index (χ1v) is 8.33. The topological polar surface area (TPSA) is 39.7 Å². The van der Waals surface area contributed by atoms with Crippen LogP contribution in [0.15, 0.2) is 36.4 Å². The van der Waals surface area contributed by atoms with E-state index in [1.165, 1.54) is 0 Å². The van der Waals surface area contributed by atoms with Crippen molar-refractivity contribution in [3.63, 3.8) is 0 Å². The SMILES string of the molecule is COCCNCc1cc(OC)c(OCc2cccc(Cl)c2)cc1Cl. The van der Waals surface area contributed by atoms with E-state index in [-0.39, 0.29) is 0 Å². The van der Waals surface area contributed by atoms with E-state index in [1.807, 2.05) is 30.3 Å². The highest BCUT2D eigenvalue weighted by atomic mass is 35.5. The summed E-state index contributed by atoms with van der Waals surface area (Å²) in [6.07, 6.45) is 0. The minimum Gasteiger partial charge on any atom is -0.493 e. The standard InChI is InChI=1S/C18H21Cl2NO3/c1-22-7-6-21-11-14-9-17(23-2)18(10-16(14)20)24-12-13-4-3-5-15(19)8-13/h3-5,8-10,21H,6-7,11-12H2,1-2H3. The Morgan fingerprint density at radius 1 is 1.04 bits per heavy atom. The molecule has 0 heterocycles. The van der Waals surface area contributed by atoms with Crippen molar-refractivity contribution in [1.82, 2.24) is 5.32 Å². The molecule has 0 fully saturated rings. The maximum Gasteiger partial charge on any atom is 0.163 e. The van der Waals surface area contributed by atoms with Crippen LogP contribution in [0.5, 0.6) is 11.5 Å². The van der Waals surface area contributed by atoms with Gasteiger partial charge in [0.2, 0.25) is 0 Å². The highest BCUT2D eigenvalue weighted by Crippen LogP contribution is 2.34. The number of hydrogen-bond donors (Lipinski definition) is 1. The van der Waals surface area contributed by atoms with Crippen LogP contribution in [0.2, 0.25) is 10.0 Å². The van der Waals surface area contributed by atoms with Crippen LogP contribution in [0.1, 0.15) is 11.1 Å². The van der Waals surface area contributed by atoms with Gasteiger partial charge in [-0.05, 0) is 29.3 Å². The number of nitrogens with one attached hydrogen (secondary N) is 1. The zero-order valence-electron chi connectivity index (χ0n) is 13.8. The summed E-state index contributed by atoms with van der Waals surface area (Å²) in [5.74, 6) is 1.24. The van der Waals surface area contributed by atoms with Crippen LogP contribution in [0.25, 0.3) is 0 Å². The summed E-state index contributed by atoms with van der Waals surface area (Å²) in [5, 5.41) is 4.56. The molecule has 2 aromatic carbocycles. The van der Waals surface area contributed by atoms with Crippen molar-refractivity contribution < 1.29 is 14.2 Å². The molecule has 6 heteroatoms. The zero-order valence-corrected chi connectivity index (χ0v) is 15.3. The Hall–Kier alpha value is -1.46.